The lowest BCUT2D eigenvalue weighted by Crippen LogP contribution is -2.48. The van der Waals surface area contributed by atoms with E-state index in [2.05, 4.69) is 14.8 Å². The number of rotatable bonds is 7. The Labute approximate surface area is 163 Å². The van der Waals surface area contributed by atoms with Gasteiger partial charge in [0.1, 0.15) is 0 Å². The molecule has 1 amide bonds. The third kappa shape index (κ3) is 7.42. The second-order valence-electron chi connectivity index (χ2n) is 6.76. The number of esters is 2. The van der Waals surface area contributed by atoms with Gasteiger partial charge in [-0.25, -0.2) is 0 Å². The minimum Gasteiger partial charge on any atom is -0.468 e. The summed E-state index contributed by atoms with van der Waals surface area (Å²) in [4.78, 5) is 49.2. The van der Waals surface area contributed by atoms with Crippen LogP contribution in [-0.4, -0.2) is 48.0 Å². The van der Waals surface area contributed by atoms with Crippen LogP contribution in [0.4, 0.5) is 0 Å². The van der Waals surface area contributed by atoms with Crippen molar-refractivity contribution in [2.75, 3.05) is 14.2 Å². The van der Waals surface area contributed by atoms with E-state index in [-0.39, 0.29) is 16.3 Å². The molecule has 8 heteroatoms. The van der Waals surface area contributed by atoms with Crippen molar-refractivity contribution in [3.63, 3.8) is 0 Å². The minimum absolute atomic E-state index is 0.227. The largest absolute Gasteiger partial charge is 0.468 e. The van der Waals surface area contributed by atoms with Gasteiger partial charge in [-0.15, -0.1) is 0 Å². The quantitative estimate of drug-likeness (QED) is 0.558. The molecule has 0 aromatic heterocycles. The summed E-state index contributed by atoms with van der Waals surface area (Å²) in [5.74, 6) is -3.72. The predicted molar refractivity (Wildman–Crippen MR) is 102 cm³/mol. The molecule has 0 spiro atoms. The summed E-state index contributed by atoms with van der Waals surface area (Å²) in [6.45, 7) is 5.60. The van der Waals surface area contributed by atoms with Crippen LogP contribution in [0.2, 0.25) is 0 Å². The second-order valence-corrected chi connectivity index (χ2v) is 8.64. The Bertz CT molecular complexity index is 667. The van der Waals surface area contributed by atoms with Crippen LogP contribution in [0.1, 0.15) is 37.6 Å². The van der Waals surface area contributed by atoms with Crippen molar-refractivity contribution in [3.05, 3.63) is 35.9 Å². The standard InChI is InChI=1S/C19H25NO6S/c1-19(2,3)27-14(21)11-13(15(17(23)25-4)18(24)26-5)20-16(22)12-9-7-6-8-10-12/h6-10,13,15H,11H2,1-5H3,(H,20,22)/t13-/m1/s1. The van der Waals surface area contributed by atoms with Gasteiger partial charge in [-0.1, -0.05) is 50.7 Å². The summed E-state index contributed by atoms with van der Waals surface area (Å²) < 4.78 is 9.00. The van der Waals surface area contributed by atoms with Gasteiger partial charge in [-0.05, 0) is 12.1 Å². The molecule has 1 aromatic rings. The number of nitrogens with one attached hydrogen (secondary N) is 1. The average molecular weight is 395 g/mol. The Kier molecular flexibility index (Phi) is 8.49. The minimum atomic E-state index is -1.45. The number of hydrogen-bond donors (Lipinski definition) is 1. The second kappa shape index (κ2) is 10.1. The third-order valence-electron chi connectivity index (χ3n) is 3.47. The number of benzene rings is 1. The summed E-state index contributed by atoms with van der Waals surface area (Å²) >= 11 is 1.07. The Hall–Kier alpha value is -2.35. The molecule has 0 aliphatic carbocycles. The summed E-state index contributed by atoms with van der Waals surface area (Å²) in [5.41, 5.74) is 0.340. The van der Waals surface area contributed by atoms with Gasteiger partial charge in [0.25, 0.3) is 5.91 Å². The first-order valence-electron chi connectivity index (χ1n) is 8.32. The summed E-state index contributed by atoms with van der Waals surface area (Å²) in [6, 6.07) is 7.20. The SMILES string of the molecule is COC(=O)C(C(=O)OC)[C@@H](CC(=O)SC(C)(C)C)NC(=O)c1ccccc1. The fourth-order valence-electron chi connectivity index (χ4n) is 2.33. The van der Waals surface area contributed by atoms with E-state index in [0.29, 0.717) is 5.56 Å². The molecule has 7 nitrogen and oxygen atoms in total. The fourth-order valence-corrected chi connectivity index (χ4v) is 3.28. The highest BCUT2D eigenvalue weighted by molar-refractivity contribution is 8.14. The van der Waals surface area contributed by atoms with E-state index in [9.17, 15) is 19.2 Å². The van der Waals surface area contributed by atoms with Crippen LogP contribution in [0.5, 0.6) is 0 Å². The molecule has 1 aromatic carbocycles. The van der Waals surface area contributed by atoms with Gasteiger partial charge in [0.15, 0.2) is 11.0 Å². The van der Waals surface area contributed by atoms with Gasteiger partial charge in [0.05, 0.1) is 20.3 Å². The zero-order chi connectivity index (χ0) is 20.6. The molecule has 0 saturated carbocycles. The van der Waals surface area contributed by atoms with Crippen LogP contribution in [-0.2, 0) is 23.9 Å². The van der Waals surface area contributed by atoms with Gasteiger partial charge in [0.2, 0.25) is 0 Å². The average Bonchev–Trinajstić information content (AvgIpc) is 2.60. The highest BCUT2D eigenvalue weighted by Crippen LogP contribution is 2.27. The van der Waals surface area contributed by atoms with Crippen molar-refractivity contribution in [3.8, 4) is 0 Å². The number of amides is 1. The Morgan fingerprint density at radius 1 is 1.00 bits per heavy atom. The summed E-state index contributed by atoms with van der Waals surface area (Å²) in [7, 11) is 2.25. The van der Waals surface area contributed by atoms with Crippen molar-refractivity contribution >= 4 is 34.7 Å². The summed E-state index contributed by atoms with van der Waals surface area (Å²) in [5, 5.41) is 2.34. The lowest BCUT2D eigenvalue weighted by molar-refractivity contribution is -0.160. The molecule has 1 rings (SSSR count). The normalized spacial score (nSPS) is 12.2. The lowest BCUT2D eigenvalue weighted by atomic mass is 9.96. The van der Waals surface area contributed by atoms with Crippen LogP contribution in [0.25, 0.3) is 0 Å². The maximum atomic E-state index is 12.5. The number of methoxy groups -OCH3 is 2. The molecule has 27 heavy (non-hydrogen) atoms. The Morgan fingerprint density at radius 3 is 1.96 bits per heavy atom. The molecule has 1 N–H and O–H groups in total. The summed E-state index contributed by atoms with van der Waals surface area (Å²) in [6.07, 6.45) is -0.227. The molecule has 0 saturated heterocycles. The van der Waals surface area contributed by atoms with E-state index >= 15 is 0 Å². The molecule has 0 fully saturated rings. The Balaban J connectivity index is 3.13. The zero-order valence-corrected chi connectivity index (χ0v) is 16.9. The number of hydrogen-bond acceptors (Lipinski definition) is 7. The van der Waals surface area contributed by atoms with Crippen molar-refractivity contribution in [1.29, 1.82) is 0 Å². The van der Waals surface area contributed by atoms with Gasteiger partial charge in [0, 0.05) is 16.7 Å². The molecule has 0 aliphatic rings. The fraction of sp³-hybridized carbons (Fsp3) is 0.474. The van der Waals surface area contributed by atoms with Crippen LogP contribution >= 0.6 is 11.8 Å². The lowest BCUT2D eigenvalue weighted by Gasteiger charge is -2.25. The van der Waals surface area contributed by atoms with E-state index in [1.165, 1.54) is 0 Å². The maximum absolute atomic E-state index is 12.5. The van der Waals surface area contributed by atoms with Crippen LogP contribution in [0, 0.1) is 5.92 Å². The number of carbonyl (C=O) groups is 4. The van der Waals surface area contributed by atoms with Gasteiger partial charge >= 0.3 is 11.9 Å². The van der Waals surface area contributed by atoms with Gasteiger partial charge in [-0.3, -0.25) is 19.2 Å². The highest BCUT2D eigenvalue weighted by Gasteiger charge is 2.39. The molecule has 0 heterocycles. The first kappa shape index (κ1) is 22.7. The maximum Gasteiger partial charge on any atom is 0.322 e. The third-order valence-corrected chi connectivity index (χ3v) is 4.48. The molecular weight excluding hydrogens is 370 g/mol. The molecule has 0 unspecified atom stereocenters. The van der Waals surface area contributed by atoms with E-state index in [4.69, 9.17) is 0 Å². The zero-order valence-electron chi connectivity index (χ0n) is 16.1. The predicted octanol–water partition coefficient (Wildman–Crippen LogP) is 2.20. The molecule has 0 bridgehead atoms. The van der Waals surface area contributed by atoms with Crippen molar-refractivity contribution in [2.24, 2.45) is 5.92 Å². The smallest absolute Gasteiger partial charge is 0.322 e. The molecule has 1 atom stereocenters. The van der Waals surface area contributed by atoms with Crippen molar-refractivity contribution in [1.82, 2.24) is 5.32 Å². The van der Waals surface area contributed by atoms with Gasteiger partial charge < -0.3 is 14.8 Å². The van der Waals surface area contributed by atoms with Crippen LogP contribution in [0.15, 0.2) is 30.3 Å². The first-order valence-corrected chi connectivity index (χ1v) is 9.14. The van der Waals surface area contributed by atoms with E-state index in [1.54, 1.807) is 30.3 Å². The van der Waals surface area contributed by atoms with Crippen LogP contribution < -0.4 is 5.32 Å². The van der Waals surface area contributed by atoms with Gasteiger partial charge in [-0.2, -0.15) is 0 Å². The highest BCUT2D eigenvalue weighted by atomic mass is 32.2. The van der Waals surface area contributed by atoms with E-state index in [0.717, 1.165) is 26.0 Å². The van der Waals surface area contributed by atoms with E-state index < -0.39 is 29.8 Å². The number of ether oxygens (including phenoxy) is 2. The molecule has 148 valence electrons. The number of thioether (sulfide) groups is 1. The first-order chi connectivity index (χ1) is 12.6. The molecule has 0 aliphatic heterocycles. The molecular formula is C19H25NO6S. The number of carbonyl (C=O) groups excluding carboxylic acids is 4. The van der Waals surface area contributed by atoms with E-state index in [1.807, 2.05) is 20.8 Å². The molecule has 0 radical (unpaired) electrons. The Morgan fingerprint density at radius 2 is 1.52 bits per heavy atom. The van der Waals surface area contributed by atoms with Crippen LogP contribution in [0.3, 0.4) is 0 Å². The van der Waals surface area contributed by atoms with Crippen molar-refractivity contribution in [2.45, 2.75) is 38.0 Å². The monoisotopic (exact) mass is 395 g/mol. The topological polar surface area (TPSA) is 98.8 Å². The van der Waals surface area contributed by atoms with Crippen molar-refractivity contribution < 1.29 is 28.7 Å².